The Morgan fingerprint density at radius 3 is 2.80 bits per heavy atom. The van der Waals surface area contributed by atoms with Gasteiger partial charge in [0.15, 0.2) is 5.82 Å². The van der Waals surface area contributed by atoms with Crippen LogP contribution in [0, 0.1) is 0 Å². The molecule has 0 atom stereocenters. The summed E-state index contributed by atoms with van der Waals surface area (Å²) in [5.41, 5.74) is 6.47. The van der Waals surface area contributed by atoms with E-state index < -0.39 is 0 Å². The third-order valence-electron chi connectivity index (χ3n) is 3.49. The largest absolute Gasteiger partial charge is 0.368 e. The number of nitrogens with zero attached hydrogens (tertiary/aromatic N) is 5. The standard InChI is InChI=1S/C16H13N7OS/c17-15-20-12(21-16(22-15)19-10-4-2-1-3-5-10)8-23-9-18-13-11(14(23)24)6-7-25-13/h1-7,9H,8H2,(H3,17,19,20,21,22). The van der Waals surface area contributed by atoms with Crippen molar-refractivity contribution in [3.8, 4) is 0 Å². The van der Waals surface area contributed by atoms with Gasteiger partial charge in [-0.05, 0) is 23.6 Å². The van der Waals surface area contributed by atoms with Crippen LogP contribution >= 0.6 is 11.3 Å². The van der Waals surface area contributed by atoms with E-state index in [1.807, 2.05) is 35.7 Å². The van der Waals surface area contributed by atoms with Gasteiger partial charge in [-0.3, -0.25) is 9.36 Å². The number of aromatic nitrogens is 5. The van der Waals surface area contributed by atoms with E-state index in [4.69, 9.17) is 5.73 Å². The Morgan fingerprint density at radius 1 is 1.12 bits per heavy atom. The van der Waals surface area contributed by atoms with E-state index in [0.717, 1.165) is 5.69 Å². The lowest BCUT2D eigenvalue weighted by Gasteiger charge is -2.08. The molecule has 4 aromatic rings. The minimum atomic E-state index is -0.136. The van der Waals surface area contributed by atoms with Crippen LogP contribution in [0.25, 0.3) is 10.2 Å². The quantitative estimate of drug-likeness (QED) is 0.578. The zero-order valence-electron chi connectivity index (χ0n) is 13.0. The maximum Gasteiger partial charge on any atom is 0.262 e. The third-order valence-corrected chi connectivity index (χ3v) is 4.31. The molecule has 9 heteroatoms. The van der Waals surface area contributed by atoms with Crippen LogP contribution in [-0.4, -0.2) is 24.5 Å². The molecular weight excluding hydrogens is 338 g/mol. The van der Waals surface area contributed by atoms with Crippen molar-refractivity contribution in [1.82, 2.24) is 24.5 Å². The number of rotatable bonds is 4. The van der Waals surface area contributed by atoms with Gasteiger partial charge in [0.05, 0.1) is 18.3 Å². The van der Waals surface area contributed by atoms with Gasteiger partial charge in [0.25, 0.3) is 5.56 Å². The van der Waals surface area contributed by atoms with E-state index in [0.29, 0.717) is 22.0 Å². The molecule has 8 nitrogen and oxygen atoms in total. The number of nitrogens with two attached hydrogens (primary N) is 1. The zero-order valence-corrected chi connectivity index (χ0v) is 13.8. The maximum absolute atomic E-state index is 12.5. The Morgan fingerprint density at radius 2 is 1.96 bits per heavy atom. The third kappa shape index (κ3) is 3.17. The Labute approximate surface area is 146 Å². The molecule has 0 bridgehead atoms. The van der Waals surface area contributed by atoms with Crippen molar-refractivity contribution in [2.45, 2.75) is 6.54 Å². The summed E-state index contributed by atoms with van der Waals surface area (Å²) < 4.78 is 1.45. The number of hydrogen-bond donors (Lipinski definition) is 2. The van der Waals surface area contributed by atoms with Crippen molar-refractivity contribution in [1.29, 1.82) is 0 Å². The Hall–Kier alpha value is -3.33. The minimum Gasteiger partial charge on any atom is -0.368 e. The predicted octanol–water partition coefficient (Wildman–Crippen LogP) is 2.02. The molecule has 0 aliphatic carbocycles. The molecule has 1 aromatic carbocycles. The second-order valence-corrected chi connectivity index (χ2v) is 6.14. The summed E-state index contributed by atoms with van der Waals surface area (Å²) in [5, 5.41) is 5.49. The number of fused-ring (bicyclic) bond motifs is 1. The molecule has 0 aliphatic heterocycles. The van der Waals surface area contributed by atoms with E-state index >= 15 is 0 Å². The zero-order chi connectivity index (χ0) is 17.2. The Kier molecular flexibility index (Phi) is 3.82. The van der Waals surface area contributed by atoms with Gasteiger partial charge in [0.1, 0.15) is 4.83 Å². The van der Waals surface area contributed by atoms with Crippen LogP contribution in [0.5, 0.6) is 0 Å². The van der Waals surface area contributed by atoms with Crippen molar-refractivity contribution >= 4 is 39.1 Å². The summed E-state index contributed by atoms with van der Waals surface area (Å²) in [7, 11) is 0. The van der Waals surface area contributed by atoms with Gasteiger partial charge < -0.3 is 11.1 Å². The monoisotopic (exact) mass is 351 g/mol. The van der Waals surface area contributed by atoms with E-state index in [1.54, 1.807) is 6.07 Å². The summed E-state index contributed by atoms with van der Waals surface area (Å²) in [6, 6.07) is 11.2. The highest BCUT2D eigenvalue weighted by atomic mass is 32.1. The van der Waals surface area contributed by atoms with Crippen LogP contribution in [0.1, 0.15) is 5.82 Å². The highest BCUT2D eigenvalue weighted by Crippen LogP contribution is 2.15. The van der Waals surface area contributed by atoms with Crippen molar-refractivity contribution in [3.63, 3.8) is 0 Å². The molecule has 3 heterocycles. The van der Waals surface area contributed by atoms with Gasteiger partial charge in [-0.25, -0.2) is 4.98 Å². The van der Waals surface area contributed by atoms with Crippen molar-refractivity contribution in [3.05, 3.63) is 64.3 Å². The number of hydrogen-bond acceptors (Lipinski definition) is 8. The van der Waals surface area contributed by atoms with Crippen LogP contribution in [0.3, 0.4) is 0 Å². The summed E-state index contributed by atoms with van der Waals surface area (Å²) in [4.78, 5) is 30.0. The van der Waals surface area contributed by atoms with Gasteiger partial charge in [-0.2, -0.15) is 15.0 Å². The topological polar surface area (TPSA) is 112 Å². The van der Waals surface area contributed by atoms with E-state index in [1.165, 1.54) is 22.2 Å². The first-order valence-electron chi connectivity index (χ1n) is 7.44. The SMILES string of the molecule is Nc1nc(Cn2cnc3sccc3c2=O)nc(Nc2ccccc2)n1. The van der Waals surface area contributed by atoms with Crippen LogP contribution in [0.4, 0.5) is 17.6 Å². The molecule has 25 heavy (non-hydrogen) atoms. The van der Waals surface area contributed by atoms with Crippen LogP contribution in [0.15, 0.2) is 52.9 Å². The number of thiophene rings is 1. The average Bonchev–Trinajstić information content (AvgIpc) is 3.07. The lowest BCUT2D eigenvalue weighted by molar-refractivity contribution is 0.704. The first-order chi connectivity index (χ1) is 12.2. The smallest absolute Gasteiger partial charge is 0.262 e. The Bertz CT molecular complexity index is 1090. The molecule has 4 rings (SSSR count). The number of nitrogens with one attached hydrogen (secondary N) is 1. The lowest BCUT2D eigenvalue weighted by Crippen LogP contribution is -2.22. The number of nitrogen functional groups attached to an aromatic ring is 1. The molecule has 0 amide bonds. The maximum atomic E-state index is 12.5. The fourth-order valence-corrected chi connectivity index (χ4v) is 3.10. The summed E-state index contributed by atoms with van der Waals surface area (Å²) >= 11 is 1.43. The molecule has 0 spiro atoms. The summed E-state index contributed by atoms with van der Waals surface area (Å²) in [6.07, 6.45) is 1.49. The predicted molar refractivity (Wildman–Crippen MR) is 96.9 cm³/mol. The van der Waals surface area contributed by atoms with Crippen molar-refractivity contribution < 1.29 is 0 Å². The molecular formula is C16H13N7OS. The summed E-state index contributed by atoms with van der Waals surface area (Å²) in [6.45, 7) is 0.161. The second kappa shape index (κ2) is 6.29. The number of benzene rings is 1. The molecule has 0 fully saturated rings. The van der Waals surface area contributed by atoms with E-state index in [2.05, 4.69) is 25.3 Å². The van der Waals surface area contributed by atoms with Crippen LogP contribution in [0.2, 0.25) is 0 Å². The number of anilines is 3. The molecule has 0 radical (unpaired) electrons. The highest BCUT2D eigenvalue weighted by Gasteiger charge is 2.09. The van der Waals surface area contributed by atoms with Crippen LogP contribution in [-0.2, 0) is 6.54 Å². The molecule has 124 valence electrons. The average molecular weight is 351 g/mol. The Balaban J connectivity index is 1.65. The normalized spacial score (nSPS) is 10.9. The van der Waals surface area contributed by atoms with Crippen molar-refractivity contribution in [2.75, 3.05) is 11.1 Å². The number of para-hydroxylation sites is 1. The fraction of sp³-hybridized carbons (Fsp3) is 0.0625. The molecule has 0 saturated carbocycles. The second-order valence-electron chi connectivity index (χ2n) is 5.24. The molecule has 0 saturated heterocycles. The van der Waals surface area contributed by atoms with Crippen molar-refractivity contribution in [2.24, 2.45) is 0 Å². The van der Waals surface area contributed by atoms with E-state index in [-0.39, 0.29) is 18.1 Å². The fourth-order valence-electron chi connectivity index (χ4n) is 2.37. The first-order valence-corrected chi connectivity index (χ1v) is 8.32. The van der Waals surface area contributed by atoms with Gasteiger partial charge in [0.2, 0.25) is 11.9 Å². The van der Waals surface area contributed by atoms with E-state index in [9.17, 15) is 4.79 Å². The molecule has 0 aliphatic rings. The van der Waals surface area contributed by atoms with Gasteiger partial charge in [0, 0.05) is 5.69 Å². The van der Waals surface area contributed by atoms with Gasteiger partial charge >= 0.3 is 0 Å². The van der Waals surface area contributed by atoms with Crippen LogP contribution < -0.4 is 16.6 Å². The minimum absolute atomic E-state index is 0.0843. The first kappa shape index (κ1) is 15.2. The molecule has 0 unspecified atom stereocenters. The highest BCUT2D eigenvalue weighted by molar-refractivity contribution is 7.16. The van der Waals surface area contributed by atoms with Gasteiger partial charge in [-0.15, -0.1) is 11.3 Å². The van der Waals surface area contributed by atoms with Gasteiger partial charge in [-0.1, -0.05) is 18.2 Å². The molecule has 3 N–H and O–H groups in total. The lowest BCUT2D eigenvalue weighted by atomic mass is 10.3. The molecule has 3 aromatic heterocycles. The summed E-state index contributed by atoms with van der Waals surface area (Å²) in [5.74, 6) is 0.789.